The molecular weight excluding hydrogens is 322 g/mol. The van der Waals surface area contributed by atoms with Crippen LogP contribution in [0.25, 0.3) is 10.9 Å². The summed E-state index contributed by atoms with van der Waals surface area (Å²) >= 11 is 0. The van der Waals surface area contributed by atoms with E-state index in [0.717, 1.165) is 5.56 Å². The molecule has 25 heavy (non-hydrogen) atoms. The molecule has 2 heterocycles. The summed E-state index contributed by atoms with van der Waals surface area (Å²) in [6.45, 7) is 4.35. The van der Waals surface area contributed by atoms with E-state index in [1.807, 2.05) is 32.0 Å². The fraction of sp³-hybridized carbons (Fsp3) is 0.250. The topological polar surface area (TPSA) is 34.2 Å². The Morgan fingerprint density at radius 3 is 2.72 bits per heavy atom. The summed E-state index contributed by atoms with van der Waals surface area (Å²) in [5.41, 5.74) is 1.33. The quantitative estimate of drug-likeness (QED) is 0.714. The zero-order valence-electron chi connectivity index (χ0n) is 14.0. The number of pyridine rings is 1. The Hall–Kier alpha value is -2.53. The van der Waals surface area contributed by atoms with E-state index in [0.29, 0.717) is 23.0 Å². The van der Waals surface area contributed by atoms with E-state index in [4.69, 9.17) is 4.74 Å². The zero-order chi connectivity index (χ0) is 17.6. The Morgan fingerprint density at radius 1 is 1.12 bits per heavy atom. The van der Waals surface area contributed by atoms with Gasteiger partial charge in [-0.1, -0.05) is 24.3 Å². The number of halogens is 2. The van der Waals surface area contributed by atoms with Crippen LogP contribution in [0.4, 0.5) is 8.78 Å². The molecule has 1 atom stereocenters. The molecule has 1 aromatic heterocycles. The number of nitrogens with zero attached hydrogens (tertiary/aromatic N) is 1. The molecule has 0 amide bonds. The average molecular weight is 340 g/mol. The maximum Gasteiger partial charge on any atom is 0.165 e. The number of nitrogens with one attached hydrogen (secondary N) is 1. The Kier molecular flexibility index (Phi) is 3.69. The number of fused-ring (bicyclic) bond motifs is 2. The number of benzene rings is 2. The molecule has 0 saturated carbocycles. The lowest BCUT2D eigenvalue weighted by Gasteiger charge is -2.24. The summed E-state index contributed by atoms with van der Waals surface area (Å²) in [6.07, 6.45) is 1.64. The van der Waals surface area contributed by atoms with Crippen molar-refractivity contribution in [2.24, 2.45) is 0 Å². The van der Waals surface area contributed by atoms with Gasteiger partial charge in [-0.25, -0.2) is 8.78 Å². The van der Waals surface area contributed by atoms with Crippen molar-refractivity contribution < 1.29 is 13.5 Å². The van der Waals surface area contributed by atoms with E-state index in [9.17, 15) is 8.78 Å². The minimum Gasteiger partial charge on any atom is -0.483 e. The van der Waals surface area contributed by atoms with Crippen molar-refractivity contribution in [2.45, 2.75) is 25.5 Å². The monoisotopic (exact) mass is 340 g/mol. The van der Waals surface area contributed by atoms with Crippen molar-refractivity contribution in [3.05, 3.63) is 71.4 Å². The number of aromatic nitrogens is 1. The van der Waals surface area contributed by atoms with Gasteiger partial charge in [0.2, 0.25) is 0 Å². The van der Waals surface area contributed by atoms with Gasteiger partial charge in [0.05, 0.1) is 6.04 Å². The minimum atomic E-state index is -0.553. The van der Waals surface area contributed by atoms with Crippen LogP contribution in [0.2, 0.25) is 0 Å². The van der Waals surface area contributed by atoms with Crippen LogP contribution in [-0.2, 0) is 0 Å². The molecule has 3 nitrogen and oxygen atoms in total. The molecule has 0 fully saturated rings. The van der Waals surface area contributed by atoms with Gasteiger partial charge < -0.3 is 10.1 Å². The smallest absolute Gasteiger partial charge is 0.165 e. The van der Waals surface area contributed by atoms with Crippen LogP contribution in [0.5, 0.6) is 5.75 Å². The lowest BCUT2D eigenvalue weighted by Crippen LogP contribution is -2.39. The standard InChI is InChI=1S/C20H18F2N2O/c1-20(2)11-24-17(14-6-4-8-16(22)19(14)25-20)13-9-12-5-3-7-15(21)18(12)23-10-13/h3-10,17,24H,11H2,1-2H3. The van der Waals surface area contributed by atoms with Crippen LogP contribution in [0.3, 0.4) is 0 Å². The summed E-state index contributed by atoms with van der Waals surface area (Å²) in [7, 11) is 0. The molecule has 4 rings (SSSR count). The third-order valence-electron chi connectivity index (χ3n) is 4.43. The highest BCUT2D eigenvalue weighted by atomic mass is 19.1. The predicted octanol–water partition coefficient (Wildman–Crippen LogP) is 4.36. The van der Waals surface area contributed by atoms with Gasteiger partial charge in [-0.15, -0.1) is 0 Å². The van der Waals surface area contributed by atoms with Crippen molar-refractivity contribution in [3.63, 3.8) is 0 Å². The molecule has 0 saturated heterocycles. The van der Waals surface area contributed by atoms with E-state index in [2.05, 4.69) is 10.3 Å². The fourth-order valence-corrected chi connectivity index (χ4v) is 3.23. The summed E-state index contributed by atoms with van der Waals surface area (Å²) in [5, 5.41) is 4.14. The van der Waals surface area contributed by atoms with E-state index in [-0.39, 0.29) is 23.4 Å². The summed E-state index contributed by atoms with van der Waals surface area (Å²) < 4.78 is 34.2. The van der Waals surface area contributed by atoms with Gasteiger partial charge in [0.25, 0.3) is 0 Å². The van der Waals surface area contributed by atoms with Gasteiger partial charge in [-0.2, -0.15) is 0 Å². The fourth-order valence-electron chi connectivity index (χ4n) is 3.23. The highest BCUT2D eigenvalue weighted by Crippen LogP contribution is 2.37. The first kappa shape index (κ1) is 16.0. The summed E-state index contributed by atoms with van der Waals surface area (Å²) in [5.74, 6) is -0.491. The van der Waals surface area contributed by atoms with Crippen molar-refractivity contribution in [1.29, 1.82) is 0 Å². The largest absolute Gasteiger partial charge is 0.483 e. The van der Waals surface area contributed by atoms with E-state index < -0.39 is 5.60 Å². The molecule has 0 aliphatic carbocycles. The number of hydrogen-bond donors (Lipinski definition) is 1. The van der Waals surface area contributed by atoms with E-state index in [1.165, 1.54) is 12.1 Å². The number of ether oxygens (including phenoxy) is 1. The molecule has 3 aromatic rings. The molecule has 1 unspecified atom stereocenters. The average Bonchev–Trinajstić information content (AvgIpc) is 2.71. The van der Waals surface area contributed by atoms with Crippen LogP contribution >= 0.6 is 0 Å². The number of hydrogen-bond acceptors (Lipinski definition) is 3. The van der Waals surface area contributed by atoms with Crippen molar-refractivity contribution in [2.75, 3.05) is 6.54 Å². The van der Waals surface area contributed by atoms with Gasteiger partial charge in [0.1, 0.15) is 16.9 Å². The predicted molar refractivity (Wildman–Crippen MR) is 92.7 cm³/mol. The highest BCUT2D eigenvalue weighted by Gasteiger charge is 2.32. The maximum atomic E-state index is 14.4. The van der Waals surface area contributed by atoms with Gasteiger partial charge in [0.15, 0.2) is 11.6 Å². The molecule has 0 radical (unpaired) electrons. The second-order valence-electron chi connectivity index (χ2n) is 6.91. The SMILES string of the molecule is CC1(C)CNC(c2cnc3c(F)cccc3c2)c2cccc(F)c2O1. The molecular formula is C20H18F2N2O. The Bertz CT molecular complexity index is 956. The molecule has 0 bridgehead atoms. The second kappa shape index (κ2) is 5.77. The molecule has 1 aliphatic heterocycles. The number of para-hydroxylation sites is 2. The molecule has 5 heteroatoms. The summed E-state index contributed by atoms with van der Waals surface area (Å²) in [6, 6.07) is 11.4. The first-order valence-corrected chi connectivity index (χ1v) is 8.20. The van der Waals surface area contributed by atoms with Crippen LogP contribution in [0.15, 0.2) is 48.7 Å². The Labute approximate surface area is 144 Å². The molecule has 1 aliphatic rings. The lowest BCUT2D eigenvalue weighted by atomic mass is 9.97. The number of rotatable bonds is 1. The van der Waals surface area contributed by atoms with Crippen molar-refractivity contribution in [3.8, 4) is 5.75 Å². The third kappa shape index (κ3) is 2.85. The molecule has 0 spiro atoms. The highest BCUT2D eigenvalue weighted by molar-refractivity contribution is 5.79. The van der Waals surface area contributed by atoms with Crippen LogP contribution < -0.4 is 10.1 Å². The first-order valence-electron chi connectivity index (χ1n) is 8.20. The van der Waals surface area contributed by atoms with Crippen LogP contribution in [0, 0.1) is 11.6 Å². The van der Waals surface area contributed by atoms with Gasteiger partial charge >= 0.3 is 0 Å². The minimum absolute atomic E-state index is 0.252. The molecule has 128 valence electrons. The van der Waals surface area contributed by atoms with E-state index >= 15 is 0 Å². The first-order chi connectivity index (χ1) is 11.9. The normalized spacial score (nSPS) is 19.1. The van der Waals surface area contributed by atoms with Crippen molar-refractivity contribution in [1.82, 2.24) is 10.3 Å². The van der Waals surface area contributed by atoms with Gasteiger partial charge in [-0.05, 0) is 37.6 Å². The molecule has 1 N–H and O–H groups in total. The van der Waals surface area contributed by atoms with Crippen LogP contribution in [0.1, 0.15) is 31.0 Å². The third-order valence-corrected chi connectivity index (χ3v) is 4.43. The lowest BCUT2D eigenvalue weighted by molar-refractivity contribution is 0.109. The van der Waals surface area contributed by atoms with Gasteiger partial charge in [0, 0.05) is 23.7 Å². The molecule has 2 aromatic carbocycles. The van der Waals surface area contributed by atoms with E-state index in [1.54, 1.807) is 18.3 Å². The maximum absolute atomic E-state index is 14.4. The Balaban J connectivity index is 1.87. The summed E-state index contributed by atoms with van der Waals surface area (Å²) in [4.78, 5) is 4.27. The van der Waals surface area contributed by atoms with Gasteiger partial charge in [-0.3, -0.25) is 4.98 Å². The van der Waals surface area contributed by atoms with Crippen molar-refractivity contribution >= 4 is 10.9 Å². The Morgan fingerprint density at radius 2 is 1.88 bits per heavy atom. The zero-order valence-corrected chi connectivity index (χ0v) is 14.0. The van der Waals surface area contributed by atoms with Crippen LogP contribution in [-0.4, -0.2) is 17.1 Å². The second-order valence-corrected chi connectivity index (χ2v) is 6.91.